The van der Waals surface area contributed by atoms with Crippen molar-refractivity contribution < 1.29 is 23.2 Å². The number of aromatic nitrogens is 1. The summed E-state index contributed by atoms with van der Waals surface area (Å²) in [5.74, 6) is -0.200. The molecule has 3 aromatic rings. The minimum Gasteiger partial charge on any atom is -0.454 e. The van der Waals surface area contributed by atoms with E-state index in [0.717, 1.165) is 9.80 Å². The van der Waals surface area contributed by atoms with Gasteiger partial charge in [-0.1, -0.05) is 24.3 Å². The highest BCUT2D eigenvalue weighted by atomic mass is 16.7. The van der Waals surface area contributed by atoms with Gasteiger partial charge in [-0.3, -0.25) is 9.59 Å². The number of amides is 2. The van der Waals surface area contributed by atoms with Crippen molar-refractivity contribution in [3.05, 3.63) is 59.3 Å². The first kappa shape index (κ1) is 13.7. The number of fused-ring (bicyclic) bond motifs is 5. The molecule has 0 saturated carbocycles. The van der Waals surface area contributed by atoms with E-state index >= 15 is 0 Å². The molecule has 146 valence electrons. The zero-order chi connectivity index (χ0) is 22.4. The van der Waals surface area contributed by atoms with Gasteiger partial charge in [0.1, 0.15) is 6.02 Å². The first-order chi connectivity index (χ1) is 15.2. The largest absolute Gasteiger partial charge is 0.454 e. The van der Waals surface area contributed by atoms with Crippen LogP contribution in [0.2, 0.25) is 0 Å². The summed E-state index contributed by atoms with van der Waals surface area (Å²) in [5, 5.41) is 0.581. The number of piperazine rings is 1. The van der Waals surface area contributed by atoms with E-state index in [1.807, 2.05) is 12.1 Å². The third kappa shape index (κ3) is 2.24. The lowest BCUT2D eigenvalue weighted by atomic mass is 9.86. The number of carbonyl (C=O) groups is 2. The highest BCUT2D eigenvalue weighted by Gasteiger charge is 2.47. The third-order valence-electron chi connectivity index (χ3n) is 5.65. The second kappa shape index (κ2) is 5.76. The topological polar surface area (TPSA) is 74.9 Å². The summed E-state index contributed by atoms with van der Waals surface area (Å²) >= 11 is 0. The average molecular weight is 392 g/mol. The van der Waals surface area contributed by atoms with Gasteiger partial charge in [-0.05, 0) is 29.3 Å². The van der Waals surface area contributed by atoms with Crippen molar-refractivity contribution in [3.63, 3.8) is 0 Å². The molecule has 0 bridgehead atoms. The molecule has 3 aliphatic rings. The summed E-state index contributed by atoms with van der Waals surface area (Å²) in [5.41, 5.74) is 1.94. The molecule has 2 amide bonds. The van der Waals surface area contributed by atoms with Crippen molar-refractivity contribution in [3.8, 4) is 11.5 Å². The van der Waals surface area contributed by atoms with Crippen LogP contribution in [-0.2, 0) is 16.0 Å². The molecule has 1 unspecified atom stereocenters. The standard InChI is InChI=1S/C22H19N3O4/c1-24-10-19(26)25-16(22(24)27)9-14-13-4-2-3-5-15(13)23-20(14)21(25)12-6-7-17-18(8-12)29-11-28-17/h2-8,16,21,23H,9-11H2,1H3/t16-,21?/m1/s1/i9D2,16D. The number of aromatic amines is 1. The predicted molar refractivity (Wildman–Crippen MR) is 105 cm³/mol. The van der Waals surface area contributed by atoms with Gasteiger partial charge in [-0.15, -0.1) is 0 Å². The van der Waals surface area contributed by atoms with E-state index in [1.54, 1.807) is 30.3 Å². The third-order valence-corrected chi connectivity index (χ3v) is 5.65. The Morgan fingerprint density at radius 3 is 2.90 bits per heavy atom. The van der Waals surface area contributed by atoms with Crippen molar-refractivity contribution in [1.29, 1.82) is 0 Å². The summed E-state index contributed by atoms with van der Waals surface area (Å²) in [6.45, 7) is -0.149. The molecule has 2 atom stereocenters. The first-order valence-corrected chi connectivity index (χ1v) is 9.33. The smallest absolute Gasteiger partial charge is 0.245 e. The Kier molecular flexibility index (Phi) is 2.71. The molecule has 29 heavy (non-hydrogen) atoms. The number of nitrogens with one attached hydrogen (secondary N) is 1. The number of ether oxygens (including phenoxy) is 2. The second-order valence-corrected chi connectivity index (χ2v) is 7.37. The van der Waals surface area contributed by atoms with Crippen LogP contribution in [0.15, 0.2) is 42.5 Å². The molecule has 1 fully saturated rings. The van der Waals surface area contributed by atoms with Gasteiger partial charge in [0.05, 0.1) is 14.0 Å². The summed E-state index contributed by atoms with van der Waals surface area (Å²) in [7, 11) is 1.42. The molecule has 1 saturated heterocycles. The molecule has 7 heteroatoms. The van der Waals surface area contributed by atoms with E-state index in [9.17, 15) is 11.0 Å². The molecule has 0 spiro atoms. The van der Waals surface area contributed by atoms with Crippen LogP contribution in [0.4, 0.5) is 0 Å². The number of likely N-dealkylation sites (N-methyl/N-ethyl adjacent to an activating group) is 1. The van der Waals surface area contributed by atoms with Crippen LogP contribution in [0.5, 0.6) is 11.5 Å². The Labute approximate surface area is 171 Å². The van der Waals surface area contributed by atoms with Crippen LogP contribution in [0, 0.1) is 0 Å². The van der Waals surface area contributed by atoms with Crippen molar-refractivity contribution in [2.75, 3.05) is 20.4 Å². The monoisotopic (exact) mass is 392 g/mol. The highest BCUT2D eigenvalue weighted by molar-refractivity contribution is 5.97. The summed E-state index contributed by atoms with van der Waals surface area (Å²) in [4.78, 5) is 32.1. The van der Waals surface area contributed by atoms with Gasteiger partial charge in [0.15, 0.2) is 11.5 Å². The Hall–Kier alpha value is -3.48. The van der Waals surface area contributed by atoms with Gasteiger partial charge >= 0.3 is 0 Å². The van der Waals surface area contributed by atoms with Crippen LogP contribution in [0.25, 0.3) is 10.9 Å². The average Bonchev–Trinajstić information content (AvgIpc) is 3.38. The fraction of sp³-hybridized carbons (Fsp3) is 0.273. The number of para-hydroxylation sites is 1. The number of carbonyl (C=O) groups excluding carboxylic acids is 2. The van der Waals surface area contributed by atoms with Crippen molar-refractivity contribution >= 4 is 22.7 Å². The van der Waals surface area contributed by atoms with Crippen molar-refractivity contribution in [2.45, 2.75) is 18.4 Å². The van der Waals surface area contributed by atoms with Gasteiger partial charge in [0.25, 0.3) is 0 Å². The minimum absolute atomic E-state index is 0.0813. The Morgan fingerprint density at radius 1 is 1.17 bits per heavy atom. The lowest BCUT2D eigenvalue weighted by Gasteiger charge is -2.46. The number of nitrogens with zero attached hydrogens (tertiary/aromatic N) is 2. The molecule has 1 aromatic heterocycles. The molecule has 3 aliphatic heterocycles. The normalized spacial score (nSPS) is 28.6. The van der Waals surface area contributed by atoms with Crippen LogP contribution >= 0.6 is 0 Å². The molecule has 7 nitrogen and oxygen atoms in total. The maximum atomic E-state index is 13.3. The fourth-order valence-electron chi connectivity index (χ4n) is 4.30. The molecule has 4 heterocycles. The van der Waals surface area contributed by atoms with E-state index < -0.39 is 30.2 Å². The minimum atomic E-state index is -2.48. The molecular formula is C22H19N3O4. The molecule has 0 radical (unpaired) electrons. The summed E-state index contributed by atoms with van der Waals surface area (Å²) < 4.78 is 38.1. The van der Waals surface area contributed by atoms with Crippen LogP contribution < -0.4 is 9.47 Å². The van der Waals surface area contributed by atoms with Crippen molar-refractivity contribution in [2.24, 2.45) is 0 Å². The van der Waals surface area contributed by atoms with Crippen LogP contribution in [-0.4, -0.2) is 53.0 Å². The first-order valence-electron chi connectivity index (χ1n) is 10.8. The quantitative estimate of drug-likeness (QED) is 0.689. The van der Waals surface area contributed by atoms with E-state index in [2.05, 4.69) is 4.98 Å². The molecular weight excluding hydrogens is 370 g/mol. The van der Waals surface area contributed by atoms with E-state index in [4.69, 9.17) is 12.2 Å². The summed E-state index contributed by atoms with van der Waals surface area (Å²) in [6.07, 6.45) is -2.46. The lowest BCUT2D eigenvalue weighted by Crippen LogP contribution is -2.62. The maximum Gasteiger partial charge on any atom is 0.245 e. The van der Waals surface area contributed by atoms with Gasteiger partial charge in [0, 0.05) is 32.8 Å². The number of hydrogen-bond donors (Lipinski definition) is 1. The van der Waals surface area contributed by atoms with Crippen LogP contribution in [0.1, 0.15) is 27.0 Å². The number of benzene rings is 2. The number of H-pyrrole nitrogens is 1. The molecule has 0 aliphatic carbocycles. The Bertz CT molecular complexity index is 1320. The van der Waals surface area contributed by atoms with Crippen molar-refractivity contribution in [1.82, 2.24) is 14.8 Å². The highest BCUT2D eigenvalue weighted by Crippen LogP contribution is 2.44. The second-order valence-electron chi connectivity index (χ2n) is 7.37. The van der Waals surface area contributed by atoms with Gasteiger partial charge < -0.3 is 24.3 Å². The van der Waals surface area contributed by atoms with E-state index in [1.165, 1.54) is 7.05 Å². The van der Waals surface area contributed by atoms with E-state index in [0.29, 0.717) is 33.7 Å². The predicted octanol–water partition coefficient (Wildman–Crippen LogP) is 2.21. The molecule has 2 aromatic carbocycles. The molecule has 1 N–H and O–H groups in total. The summed E-state index contributed by atoms with van der Waals surface area (Å²) in [6, 6.07) is 9.02. The number of rotatable bonds is 1. The number of hydrogen-bond acceptors (Lipinski definition) is 4. The zero-order valence-corrected chi connectivity index (χ0v) is 15.6. The maximum absolute atomic E-state index is 13.3. The zero-order valence-electron chi connectivity index (χ0n) is 18.6. The van der Waals surface area contributed by atoms with Gasteiger partial charge in [-0.2, -0.15) is 0 Å². The fourth-order valence-corrected chi connectivity index (χ4v) is 4.30. The Morgan fingerprint density at radius 2 is 2.00 bits per heavy atom. The van der Waals surface area contributed by atoms with Crippen LogP contribution in [0.3, 0.4) is 0 Å². The van der Waals surface area contributed by atoms with Gasteiger partial charge in [-0.25, -0.2) is 0 Å². The Balaban J connectivity index is 1.70. The SMILES string of the molecule is [2H]C1([2H])c2c([nH]c3ccccc23)C(c2ccc3c(c2)OCO3)N2C(=O)CN(C)C(=O)[C@]21[2H]. The van der Waals surface area contributed by atoms with E-state index in [-0.39, 0.29) is 18.9 Å². The van der Waals surface area contributed by atoms with Gasteiger partial charge in [0.2, 0.25) is 18.6 Å². The lowest BCUT2D eigenvalue weighted by molar-refractivity contribution is -0.157. The molecule has 6 rings (SSSR count).